The highest BCUT2D eigenvalue weighted by Crippen LogP contribution is 2.17. The number of rotatable bonds is 8. The van der Waals surface area contributed by atoms with Gasteiger partial charge in [-0.1, -0.05) is 0 Å². The summed E-state index contributed by atoms with van der Waals surface area (Å²) in [6.07, 6.45) is -0.101. The van der Waals surface area contributed by atoms with E-state index in [0.29, 0.717) is 13.1 Å². The normalized spacial score (nSPS) is 14.6. The summed E-state index contributed by atoms with van der Waals surface area (Å²) in [4.78, 5) is 0. The molecule has 0 radical (unpaired) electrons. The van der Waals surface area contributed by atoms with E-state index in [1.54, 1.807) is 21.3 Å². The Labute approximate surface area is 88.7 Å². The number of hydrogen-bond acceptors (Lipinski definition) is 5. The first kappa shape index (κ1) is 14.0. The van der Waals surface area contributed by atoms with E-state index in [2.05, 4.69) is 5.32 Å². The van der Waals surface area contributed by atoms with Gasteiger partial charge in [-0.2, -0.15) is 0 Å². The fraction of sp³-hybridized carbons (Fsp3) is 1.00. The highest BCUT2D eigenvalue weighted by atomic mass is 28.1. The molecule has 0 saturated heterocycles. The molecule has 0 spiro atoms. The van der Waals surface area contributed by atoms with E-state index in [4.69, 9.17) is 19.9 Å². The van der Waals surface area contributed by atoms with Crippen LogP contribution in [0.2, 0.25) is 6.04 Å². The molecular formula is C8H22N2O3Si. The lowest BCUT2D eigenvalue weighted by atomic mass is 10.3. The molecule has 6 heteroatoms. The second kappa shape index (κ2) is 7.33. The van der Waals surface area contributed by atoms with Crippen molar-refractivity contribution in [2.75, 3.05) is 34.4 Å². The molecule has 5 nitrogen and oxygen atoms in total. The Balaban J connectivity index is 4.47. The standard InChI is InChI=1S/C8H22N2O3Si/c1-11-7(6-14)8(12-2,13-3)10-5-4-9/h7,10H,4-6,9H2,1-3,14H3. The molecule has 1 unspecified atom stereocenters. The van der Waals surface area contributed by atoms with Gasteiger partial charge in [-0.25, -0.2) is 0 Å². The third-order valence-electron chi connectivity index (χ3n) is 2.20. The van der Waals surface area contributed by atoms with Crippen molar-refractivity contribution in [2.24, 2.45) is 5.73 Å². The van der Waals surface area contributed by atoms with Crippen LogP contribution in [0.1, 0.15) is 0 Å². The fourth-order valence-corrected chi connectivity index (χ4v) is 2.31. The topological polar surface area (TPSA) is 65.7 Å². The van der Waals surface area contributed by atoms with Crippen molar-refractivity contribution in [3.8, 4) is 0 Å². The smallest absolute Gasteiger partial charge is 0.254 e. The molecule has 0 amide bonds. The molecule has 14 heavy (non-hydrogen) atoms. The Kier molecular flexibility index (Phi) is 7.34. The second-order valence-corrected chi connectivity index (χ2v) is 3.74. The Hall–Kier alpha value is 0.0169. The molecule has 0 aliphatic rings. The predicted octanol–water partition coefficient (Wildman–Crippen LogP) is -1.72. The van der Waals surface area contributed by atoms with Crippen LogP contribution in [0.3, 0.4) is 0 Å². The van der Waals surface area contributed by atoms with Crippen molar-refractivity contribution in [1.82, 2.24) is 5.32 Å². The van der Waals surface area contributed by atoms with Gasteiger partial charge in [0.1, 0.15) is 6.10 Å². The number of hydrogen-bond donors (Lipinski definition) is 2. The van der Waals surface area contributed by atoms with Gasteiger partial charge in [-0.15, -0.1) is 0 Å². The maximum atomic E-state index is 5.42. The van der Waals surface area contributed by atoms with Gasteiger partial charge in [0.15, 0.2) is 0 Å². The minimum absolute atomic E-state index is 0.101. The number of ether oxygens (including phenoxy) is 3. The summed E-state index contributed by atoms with van der Waals surface area (Å²) in [5, 5.41) is 3.11. The second-order valence-electron chi connectivity index (χ2n) is 2.92. The molecular weight excluding hydrogens is 200 g/mol. The molecule has 86 valence electrons. The van der Waals surface area contributed by atoms with E-state index >= 15 is 0 Å². The molecule has 0 aliphatic carbocycles. The SMILES string of the molecule is COC(C[SiH3])C(NCCN)(OC)OC. The van der Waals surface area contributed by atoms with Gasteiger partial charge in [-0.05, 0) is 6.04 Å². The van der Waals surface area contributed by atoms with E-state index in [1.165, 1.54) is 0 Å². The number of nitrogens with one attached hydrogen (secondary N) is 1. The third kappa shape index (κ3) is 3.30. The van der Waals surface area contributed by atoms with Gasteiger partial charge >= 0.3 is 0 Å². The molecule has 0 heterocycles. The zero-order chi connectivity index (χ0) is 11.0. The lowest BCUT2D eigenvalue weighted by Gasteiger charge is -2.37. The van der Waals surface area contributed by atoms with Crippen LogP contribution in [-0.4, -0.2) is 56.7 Å². The van der Waals surface area contributed by atoms with Gasteiger partial charge in [0.05, 0.1) is 0 Å². The van der Waals surface area contributed by atoms with Crippen molar-refractivity contribution in [3.05, 3.63) is 0 Å². The summed E-state index contributed by atoms with van der Waals surface area (Å²) < 4.78 is 16.0. The third-order valence-corrected chi connectivity index (χ3v) is 2.94. The molecule has 0 bridgehead atoms. The first-order valence-electron chi connectivity index (χ1n) is 4.78. The monoisotopic (exact) mass is 222 g/mol. The summed E-state index contributed by atoms with van der Waals surface area (Å²) in [6, 6.07) is 0.926. The molecule has 0 saturated carbocycles. The van der Waals surface area contributed by atoms with E-state index in [0.717, 1.165) is 16.3 Å². The van der Waals surface area contributed by atoms with Crippen LogP contribution in [0.5, 0.6) is 0 Å². The molecule has 0 fully saturated rings. The van der Waals surface area contributed by atoms with Gasteiger partial charge < -0.3 is 19.9 Å². The van der Waals surface area contributed by atoms with Gasteiger partial charge in [0.25, 0.3) is 5.91 Å². The largest absolute Gasteiger partial charge is 0.375 e. The van der Waals surface area contributed by atoms with Crippen LogP contribution in [0.15, 0.2) is 0 Å². The summed E-state index contributed by atoms with van der Waals surface area (Å²) in [6.45, 7) is 1.16. The van der Waals surface area contributed by atoms with Crippen molar-refractivity contribution in [3.63, 3.8) is 0 Å². The van der Waals surface area contributed by atoms with Crippen LogP contribution >= 0.6 is 0 Å². The van der Waals surface area contributed by atoms with Crippen LogP contribution in [0.4, 0.5) is 0 Å². The zero-order valence-electron chi connectivity index (χ0n) is 9.50. The average Bonchev–Trinajstić information content (AvgIpc) is 2.24. The molecule has 3 N–H and O–H groups in total. The lowest BCUT2D eigenvalue weighted by Crippen LogP contribution is -2.59. The highest BCUT2D eigenvalue weighted by Gasteiger charge is 2.38. The molecule has 1 atom stereocenters. The molecule has 0 aliphatic heterocycles. The Bertz CT molecular complexity index is 141. The van der Waals surface area contributed by atoms with Crippen LogP contribution in [0.25, 0.3) is 0 Å². The van der Waals surface area contributed by atoms with E-state index in [1.807, 2.05) is 0 Å². The average molecular weight is 222 g/mol. The fourth-order valence-electron chi connectivity index (χ4n) is 1.44. The van der Waals surface area contributed by atoms with Crippen molar-refractivity contribution < 1.29 is 14.2 Å². The summed E-state index contributed by atoms with van der Waals surface area (Å²) in [7, 11) is 5.86. The van der Waals surface area contributed by atoms with E-state index in [-0.39, 0.29) is 6.10 Å². The van der Waals surface area contributed by atoms with Crippen molar-refractivity contribution in [1.29, 1.82) is 0 Å². The van der Waals surface area contributed by atoms with Gasteiger partial charge in [-0.3, -0.25) is 5.32 Å². The van der Waals surface area contributed by atoms with Crippen LogP contribution < -0.4 is 11.1 Å². The lowest BCUT2D eigenvalue weighted by molar-refractivity contribution is -0.277. The number of nitrogens with two attached hydrogens (primary N) is 1. The molecule has 0 rings (SSSR count). The van der Waals surface area contributed by atoms with Gasteiger partial charge in [0.2, 0.25) is 0 Å². The van der Waals surface area contributed by atoms with Crippen LogP contribution in [0, 0.1) is 0 Å². The van der Waals surface area contributed by atoms with E-state index in [9.17, 15) is 0 Å². The molecule has 0 aromatic rings. The first-order chi connectivity index (χ1) is 6.70. The zero-order valence-corrected chi connectivity index (χ0v) is 11.5. The van der Waals surface area contributed by atoms with Gasteiger partial charge in [0, 0.05) is 44.7 Å². The summed E-state index contributed by atoms with van der Waals surface area (Å²) >= 11 is 0. The Morgan fingerprint density at radius 1 is 1.36 bits per heavy atom. The first-order valence-corrected chi connectivity index (χ1v) is 6.20. The minimum atomic E-state index is -0.865. The number of methoxy groups -OCH3 is 3. The maximum Gasteiger partial charge on any atom is 0.254 e. The Morgan fingerprint density at radius 2 is 1.93 bits per heavy atom. The highest BCUT2D eigenvalue weighted by molar-refractivity contribution is 6.08. The predicted molar refractivity (Wildman–Crippen MR) is 59.3 cm³/mol. The Morgan fingerprint density at radius 3 is 2.21 bits per heavy atom. The molecule has 0 aromatic heterocycles. The molecule has 0 aromatic carbocycles. The van der Waals surface area contributed by atoms with Crippen molar-refractivity contribution in [2.45, 2.75) is 18.1 Å². The van der Waals surface area contributed by atoms with E-state index < -0.39 is 5.91 Å². The minimum Gasteiger partial charge on any atom is -0.375 e. The maximum absolute atomic E-state index is 5.42. The summed E-state index contributed by atoms with van der Waals surface area (Å²) in [5.74, 6) is -0.865. The summed E-state index contributed by atoms with van der Waals surface area (Å²) in [5.41, 5.74) is 5.42. The van der Waals surface area contributed by atoms with Crippen molar-refractivity contribution >= 4 is 10.2 Å². The van der Waals surface area contributed by atoms with Crippen LogP contribution in [-0.2, 0) is 14.2 Å². The quantitative estimate of drug-likeness (QED) is 0.378.